The molecule has 1 aliphatic rings. The highest BCUT2D eigenvalue weighted by Crippen LogP contribution is 2.33. The lowest BCUT2D eigenvalue weighted by atomic mass is 10.1. The van der Waals surface area contributed by atoms with E-state index in [1.165, 1.54) is 18.2 Å². The first-order chi connectivity index (χ1) is 8.80. The van der Waals surface area contributed by atoms with Crippen molar-refractivity contribution in [2.75, 3.05) is 19.7 Å². The predicted molar refractivity (Wildman–Crippen MR) is 71.9 cm³/mol. The maximum Gasteiger partial charge on any atom is 0.244 e. The van der Waals surface area contributed by atoms with Crippen LogP contribution >= 0.6 is 23.2 Å². The number of benzene rings is 1. The molecule has 1 aliphatic heterocycles. The Kier molecular flexibility index (Phi) is 4.11. The largest absolute Gasteiger partial charge is 0.393 e. The zero-order valence-electron chi connectivity index (χ0n) is 9.88. The Morgan fingerprint density at radius 1 is 1.37 bits per heavy atom. The third-order valence-electron chi connectivity index (χ3n) is 3.13. The number of sulfonamides is 1. The van der Waals surface area contributed by atoms with Crippen LogP contribution in [0.5, 0.6) is 0 Å². The molecule has 0 saturated carbocycles. The standard InChI is InChI=1S/C11H13Cl2NO4S/c12-8-2-1-3-9(10(8)13)19(17,18)14-5-4-11(16,6-14)7-15/h1-3,15-16H,4-7H2. The van der Waals surface area contributed by atoms with Gasteiger partial charge in [0, 0.05) is 13.1 Å². The van der Waals surface area contributed by atoms with Gasteiger partial charge in [0.1, 0.15) is 10.5 Å². The zero-order chi connectivity index (χ0) is 14.3. The quantitative estimate of drug-likeness (QED) is 0.872. The van der Waals surface area contributed by atoms with Crippen molar-refractivity contribution in [3.8, 4) is 0 Å². The molecule has 8 heteroatoms. The fourth-order valence-electron chi connectivity index (χ4n) is 1.98. The molecule has 5 nitrogen and oxygen atoms in total. The molecule has 1 aromatic carbocycles. The number of hydrogen-bond donors (Lipinski definition) is 2. The van der Waals surface area contributed by atoms with Crippen LogP contribution in [0.2, 0.25) is 10.0 Å². The Labute approximate surface area is 121 Å². The SMILES string of the molecule is O=S(=O)(c1cccc(Cl)c1Cl)N1CCC(O)(CO)C1. The third kappa shape index (κ3) is 2.74. The Hall–Kier alpha value is -0.370. The summed E-state index contributed by atoms with van der Waals surface area (Å²) in [6.07, 6.45) is 0.181. The van der Waals surface area contributed by atoms with Gasteiger partial charge in [-0.2, -0.15) is 4.31 Å². The molecule has 0 amide bonds. The molecular formula is C11H13Cl2NO4S. The third-order valence-corrected chi connectivity index (χ3v) is 5.94. The van der Waals surface area contributed by atoms with Gasteiger partial charge in [-0.25, -0.2) is 8.42 Å². The summed E-state index contributed by atoms with van der Waals surface area (Å²) in [5, 5.41) is 19.1. The predicted octanol–water partition coefficient (Wildman–Crippen LogP) is 1.11. The molecule has 1 unspecified atom stereocenters. The first-order valence-electron chi connectivity index (χ1n) is 5.57. The van der Waals surface area contributed by atoms with Crippen molar-refractivity contribution in [3.63, 3.8) is 0 Å². The monoisotopic (exact) mass is 325 g/mol. The van der Waals surface area contributed by atoms with Crippen molar-refractivity contribution in [1.82, 2.24) is 4.31 Å². The summed E-state index contributed by atoms with van der Waals surface area (Å²) < 4.78 is 25.9. The number of hydrogen-bond acceptors (Lipinski definition) is 4. The topological polar surface area (TPSA) is 77.8 Å². The maximum atomic E-state index is 12.4. The Balaban J connectivity index is 2.37. The van der Waals surface area contributed by atoms with E-state index in [1.807, 2.05) is 0 Å². The highest BCUT2D eigenvalue weighted by molar-refractivity contribution is 7.89. The van der Waals surface area contributed by atoms with Gasteiger partial charge >= 0.3 is 0 Å². The molecule has 0 radical (unpaired) electrons. The van der Waals surface area contributed by atoms with Crippen molar-refractivity contribution in [2.24, 2.45) is 0 Å². The van der Waals surface area contributed by atoms with Crippen molar-refractivity contribution in [1.29, 1.82) is 0 Å². The van der Waals surface area contributed by atoms with Gasteiger partial charge in [-0.1, -0.05) is 29.3 Å². The van der Waals surface area contributed by atoms with Gasteiger partial charge in [-0.05, 0) is 18.6 Å². The molecule has 1 heterocycles. The van der Waals surface area contributed by atoms with Crippen molar-refractivity contribution < 1.29 is 18.6 Å². The van der Waals surface area contributed by atoms with Crippen LogP contribution in [0.1, 0.15) is 6.42 Å². The van der Waals surface area contributed by atoms with Gasteiger partial charge in [0.25, 0.3) is 0 Å². The number of β-amino-alcohol motifs (C(OH)–C–C–N with tert-alkyl or cyclic N) is 1. The Bertz CT molecular complexity index is 592. The van der Waals surface area contributed by atoms with Crippen LogP contribution in [0, 0.1) is 0 Å². The highest BCUT2D eigenvalue weighted by atomic mass is 35.5. The van der Waals surface area contributed by atoms with Crippen LogP contribution in [-0.4, -0.2) is 48.2 Å². The average Bonchev–Trinajstić information content (AvgIpc) is 2.77. The summed E-state index contributed by atoms with van der Waals surface area (Å²) >= 11 is 11.7. The maximum absolute atomic E-state index is 12.4. The molecule has 106 valence electrons. The smallest absolute Gasteiger partial charge is 0.244 e. The van der Waals surface area contributed by atoms with Crippen LogP contribution in [0.3, 0.4) is 0 Å². The molecular weight excluding hydrogens is 313 g/mol. The van der Waals surface area contributed by atoms with E-state index in [9.17, 15) is 13.5 Å². The van der Waals surface area contributed by atoms with Gasteiger partial charge in [-0.3, -0.25) is 0 Å². The normalized spacial score (nSPS) is 24.8. The summed E-state index contributed by atoms with van der Waals surface area (Å²) in [5.74, 6) is 0. The van der Waals surface area contributed by atoms with Crippen LogP contribution in [-0.2, 0) is 10.0 Å². The van der Waals surface area contributed by atoms with E-state index in [0.717, 1.165) is 4.31 Å². The first kappa shape index (κ1) is 15.0. The lowest BCUT2D eigenvalue weighted by molar-refractivity contribution is -0.000733. The van der Waals surface area contributed by atoms with Gasteiger partial charge in [-0.15, -0.1) is 0 Å². The molecule has 1 aromatic rings. The average molecular weight is 326 g/mol. The second-order valence-corrected chi connectivity index (χ2v) is 7.21. The number of aliphatic hydroxyl groups is 2. The number of nitrogens with zero attached hydrogens (tertiary/aromatic N) is 1. The van der Waals surface area contributed by atoms with Crippen molar-refractivity contribution in [3.05, 3.63) is 28.2 Å². The Morgan fingerprint density at radius 2 is 2.05 bits per heavy atom. The van der Waals surface area contributed by atoms with E-state index in [0.29, 0.717) is 0 Å². The minimum Gasteiger partial charge on any atom is -0.393 e. The minimum absolute atomic E-state index is 0.0383. The highest BCUT2D eigenvalue weighted by Gasteiger charge is 2.41. The first-order valence-corrected chi connectivity index (χ1v) is 7.77. The zero-order valence-corrected chi connectivity index (χ0v) is 12.2. The van der Waals surface area contributed by atoms with Crippen LogP contribution < -0.4 is 0 Å². The van der Waals surface area contributed by atoms with Gasteiger partial charge in [0.2, 0.25) is 10.0 Å². The van der Waals surface area contributed by atoms with E-state index in [4.69, 9.17) is 28.3 Å². The van der Waals surface area contributed by atoms with E-state index >= 15 is 0 Å². The summed E-state index contributed by atoms with van der Waals surface area (Å²) in [6.45, 7) is -0.515. The Morgan fingerprint density at radius 3 is 2.63 bits per heavy atom. The minimum atomic E-state index is -3.83. The second kappa shape index (κ2) is 5.20. The van der Waals surface area contributed by atoms with E-state index in [-0.39, 0.29) is 34.5 Å². The van der Waals surface area contributed by atoms with E-state index < -0.39 is 22.2 Å². The molecule has 0 aromatic heterocycles. The number of rotatable bonds is 3. The molecule has 19 heavy (non-hydrogen) atoms. The number of halogens is 2. The van der Waals surface area contributed by atoms with Crippen LogP contribution in [0.4, 0.5) is 0 Å². The van der Waals surface area contributed by atoms with E-state index in [2.05, 4.69) is 0 Å². The summed E-state index contributed by atoms with van der Waals surface area (Å²) in [4.78, 5) is -0.0937. The summed E-state index contributed by atoms with van der Waals surface area (Å²) in [6, 6.07) is 4.35. The van der Waals surface area contributed by atoms with Crippen LogP contribution in [0.25, 0.3) is 0 Å². The van der Waals surface area contributed by atoms with Gasteiger partial charge < -0.3 is 10.2 Å². The fourth-order valence-corrected chi connectivity index (χ4v) is 4.23. The number of aliphatic hydroxyl groups excluding tert-OH is 1. The summed E-state index contributed by atoms with van der Waals surface area (Å²) in [7, 11) is -3.83. The molecule has 0 aliphatic carbocycles. The van der Waals surface area contributed by atoms with Gasteiger partial charge in [0.05, 0.1) is 16.7 Å². The molecule has 1 atom stereocenters. The molecule has 1 saturated heterocycles. The molecule has 1 fully saturated rings. The lowest BCUT2D eigenvalue weighted by Gasteiger charge is -2.21. The van der Waals surface area contributed by atoms with E-state index in [1.54, 1.807) is 0 Å². The molecule has 2 N–H and O–H groups in total. The van der Waals surface area contributed by atoms with Crippen molar-refractivity contribution >= 4 is 33.2 Å². The molecule has 0 spiro atoms. The van der Waals surface area contributed by atoms with Gasteiger partial charge in [0.15, 0.2) is 0 Å². The van der Waals surface area contributed by atoms with Crippen LogP contribution in [0.15, 0.2) is 23.1 Å². The lowest BCUT2D eigenvalue weighted by Crippen LogP contribution is -2.38. The van der Waals surface area contributed by atoms with Crippen molar-refractivity contribution in [2.45, 2.75) is 16.9 Å². The second-order valence-electron chi connectivity index (χ2n) is 4.52. The summed E-state index contributed by atoms with van der Waals surface area (Å²) in [5.41, 5.74) is -1.39. The molecule has 0 bridgehead atoms. The fraction of sp³-hybridized carbons (Fsp3) is 0.455. The molecule has 2 rings (SSSR count).